The van der Waals surface area contributed by atoms with E-state index in [1.165, 1.54) is 29.4 Å². The highest BCUT2D eigenvalue weighted by Gasteiger charge is 2.42. The molecule has 0 saturated carbocycles. The second kappa shape index (κ2) is 5.24. The van der Waals surface area contributed by atoms with Crippen molar-refractivity contribution in [1.82, 2.24) is 14.3 Å². The summed E-state index contributed by atoms with van der Waals surface area (Å²) in [5, 5.41) is 2.96. The third-order valence-corrected chi connectivity index (χ3v) is 3.98. The molecule has 1 aromatic carbocycles. The van der Waals surface area contributed by atoms with Crippen LogP contribution in [0.2, 0.25) is 0 Å². The summed E-state index contributed by atoms with van der Waals surface area (Å²) >= 11 is 1.05. The van der Waals surface area contributed by atoms with Crippen LogP contribution in [0.4, 0.5) is 5.13 Å². The molecule has 0 saturated heterocycles. The van der Waals surface area contributed by atoms with E-state index >= 15 is 0 Å². The minimum atomic E-state index is -0.623. The smallest absolute Gasteiger partial charge is 0.262 e. The van der Waals surface area contributed by atoms with Gasteiger partial charge in [0.05, 0.1) is 11.1 Å². The van der Waals surface area contributed by atoms with Gasteiger partial charge in [-0.2, -0.15) is 4.37 Å². The summed E-state index contributed by atoms with van der Waals surface area (Å²) in [6.07, 6.45) is 1.34. The molecule has 1 N–H and O–H groups in total. The minimum absolute atomic E-state index is 0.245. The lowest BCUT2D eigenvalue weighted by molar-refractivity contribution is 0.0507. The maximum absolute atomic E-state index is 12.5. The molecule has 7 nitrogen and oxygen atoms in total. The monoisotopic (exact) mass is 330 g/mol. The van der Waals surface area contributed by atoms with Crippen molar-refractivity contribution >= 4 is 34.4 Å². The fourth-order valence-electron chi connectivity index (χ4n) is 2.39. The van der Waals surface area contributed by atoms with Gasteiger partial charge >= 0.3 is 0 Å². The van der Waals surface area contributed by atoms with Gasteiger partial charge in [-0.25, -0.2) is 4.98 Å². The summed E-state index contributed by atoms with van der Waals surface area (Å²) in [5.74, 6) is -1.13. The van der Waals surface area contributed by atoms with E-state index in [0.717, 1.165) is 11.5 Å². The maximum Gasteiger partial charge on any atom is 0.262 e. The molecule has 0 aliphatic carbocycles. The molecule has 23 heavy (non-hydrogen) atoms. The second-order valence-corrected chi connectivity index (χ2v) is 6.86. The Balaban J connectivity index is 1.93. The number of fused-ring (bicyclic) bond motifs is 1. The number of nitrogens with one attached hydrogen (secondary N) is 1. The number of anilines is 1. The zero-order chi connectivity index (χ0) is 16.8. The van der Waals surface area contributed by atoms with E-state index in [1.807, 2.05) is 0 Å². The summed E-state index contributed by atoms with van der Waals surface area (Å²) in [7, 11) is 0. The molecule has 3 rings (SSSR count). The minimum Gasteiger partial charge on any atom is -0.297 e. The van der Waals surface area contributed by atoms with E-state index in [1.54, 1.807) is 20.8 Å². The molecule has 8 heteroatoms. The number of benzene rings is 1. The SMILES string of the molecule is CC(C)(C)N1C(=O)c2ccc(C(=O)Nc3ncns3)cc2C1=O. The largest absolute Gasteiger partial charge is 0.297 e. The predicted molar refractivity (Wildman–Crippen MR) is 84.6 cm³/mol. The molecule has 0 unspecified atom stereocenters. The Kier molecular flexibility index (Phi) is 3.48. The number of hydrogen-bond donors (Lipinski definition) is 1. The van der Waals surface area contributed by atoms with Gasteiger partial charge in [0, 0.05) is 22.6 Å². The lowest BCUT2D eigenvalue weighted by atomic mass is 10.1. The molecular weight excluding hydrogens is 316 g/mol. The standard InChI is InChI=1S/C15H14N4O3S/c1-15(2,3)19-12(21)9-5-4-8(6-10(9)13(19)22)11(20)18-14-16-7-17-23-14/h4-7H,1-3H3,(H,16,17,18,20). The molecule has 0 fully saturated rings. The highest BCUT2D eigenvalue weighted by atomic mass is 32.1. The summed E-state index contributed by atoms with van der Waals surface area (Å²) in [5.41, 5.74) is 0.227. The molecule has 2 aromatic rings. The number of imide groups is 1. The van der Waals surface area contributed by atoms with Gasteiger partial charge in [0.1, 0.15) is 6.33 Å². The summed E-state index contributed by atoms with van der Waals surface area (Å²) in [6.45, 7) is 5.37. The first-order valence-corrected chi connectivity index (χ1v) is 7.67. The van der Waals surface area contributed by atoms with E-state index < -0.39 is 11.4 Å². The van der Waals surface area contributed by atoms with E-state index in [0.29, 0.717) is 10.7 Å². The fourth-order valence-corrected chi connectivity index (χ4v) is 2.82. The van der Waals surface area contributed by atoms with Crippen LogP contribution in [0.25, 0.3) is 0 Å². The van der Waals surface area contributed by atoms with Crippen LogP contribution in [0.3, 0.4) is 0 Å². The Morgan fingerprint density at radius 3 is 2.48 bits per heavy atom. The van der Waals surface area contributed by atoms with Crippen molar-refractivity contribution in [3.05, 3.63) is 41.2 Å². The van der Waals surface area contributed by atoms with Crippen LogP contribution in [0.15, 0.2) is 24.5 Å². The van der Waals surface area contributed by atoms with Gasteiger partial charge in [-0.1, -0.05) is 0 Å². The van der Waals surface area contributed by atoms with Gasteiger partial charge in [0.15, 0.2) is 0 Å². The lowest BCUT2D eigenvalue weighted by Gasteiger charge is -2.29. The molecule has 1 aliphatic heterocycles. The van der Waals surface area contributed by atoms with Crippen molar-refractivity contribution < 1.29 is 14.4 Å². The normalized spacial score (nSPS) is 14.1. The number of hydrogen-bond acceptors (Lipinski definition) is 6. The first-order valence-electron chi connectivity index (χ1n) is 6.90. The summed E-state index contributed by atoms with van der Waals surface area (Å²) in [6, 6.07) is 4.47. The summed E-state index contributed by atoms with van der Waals surface area (Å²) in [4.78, 5) is 42.2. The molecule has 0 spiro atoms. The predicted octanol–water partition coefficient (Wildman–Crippen LogP) is 2.18. The highest BCUT2D eigenvalue weighted by Crippen LogP contribution is 2.30. The maximum atomic E-state index is 12.5. The zero-order valence-corrected chi connectivity index (χ0v) is 13.6. The number of carbonyl (C=O) groups is 3. The molecule has 1 aliphatic rings. The topological polar surface area (TPSA) is 92.3 Å². The van der Waals surface area contributed by atoms with Gasteiger partial charge in [-0.3, -0.25) is 24.6 Å². The van der Waals surface area contributed by atoms with Crippen LogP contribution < -0.4 is 5.32 Å². The Hall–Kier alpha value is -2.61. The van der Waals surface area contributed by atoms with Gasteiger partial charge in [-0.15, -0.1) is 0 Å². The second-order valence-electron chi connectivity index (χ2n) is 6.08. The average Bonchev–Trinajstić information content (AvgIpc) is 3.05. The van der Waals surface area contributed by atoms with Gasteiger partial charge < -0.3 is 0 Å². The Morgan fingerprint density at radius 2 is 1.87 bits per heavy atom. The van der Waals surface area contributed by atoms with Crippen LogP contribution in [0.5, 0.6) is 0 Å². The Bertz CT molecular complexity index is 809. The highest BCUT2D eigenvalue weighted by molar-refractivity contribution is 7.09. The molecule has 0 atom stereocenters. The third kappa shape index (κ3) is 2.61. The Labute approximate surface area is 136 Å². The molecule has 118 valence electrons. The summed E-state index contributed by atoms with van der Waals surface area (Å²) < 4.78 is 3.80. The van der Waals surface area contributed by atoms with Crippen molar-refractivity contribution in [2.45, 2.75) is 26.3 Å². The molecule has 3 amide bonds. The van der Waals surface area contributed by atoms with Crippen molar-refractivity contribution in [3.8, 4) is 0 Å². The number of rotatable bonds is 2. The quantitative estimate of drug-likeness (QED) is 0.852. The first-order chi connectivity index (χ1) is 10.8. The van der Waals surface area contributed by atoms with Crippen LogP contribution in [0.1, 0.15) is 51.8 Å². The molecule has 1 aromatic heterocycles. The van der Waals surface area contributed by atoms with E-state index in [2.05, 4.69) is 14.7 Å². The fraction of sp³-hybridized carbons (Fsp3) is 0.267. The number of amides is 3. The van der Waals surface area contributed by atoms with E-state index in [-0.39, 0.29) is 22.9 Å². The zero-order valence-electron chi connectivity index (χ0n) is 12.8. The lowest BCUT2D eigenvalue weighted by Crippen LogP contribution is -2.45. The van der Waals surface area contributed by atoms with Crippen LogP contribution in [0, 0.1) is 0 Å². The van der Waals surface area contributed by atoms with Crippen molar-refractivity contribution in [2.75, 3.05) is 5.32 Å². The third-order valence-electron chi connectivity index (χ3n) is 3.40. The molecule has 0 radical (unpaired) electrons. The number of nitrogens with zero attached hydrogens (tertiary/aromatic N) is 3. The molecular formula is C15H14N4O3S. The van der Waals surface area contributed by atoms with Crippen molar-refractivity contribution in [2.24, 2.45) is 0 Å². The van der Waals surface area contributed by atoms with Gasteiger partial charge in [-0.05, 0) is 39.0 Å². The van der Waals surface area contributed by atoms with E-state index in [4.69, 9.17) is 0 Å². The van der Waals surface area contributed by atoms with Crippen LogP contribution in [-0.4, -0.2) is 37.5 Å². The van der Waals surface area contributed by atoms with Crippen LogP contribution in [-0.2, 0) is 0 Å². The van der Waals surface area contributed by atoms with E-state index in [9.17, 15) is 14.4 Å². The number of aromatic nitrogens is 2. The van der Waals surface area contributed by atoms with Crippen molar-refractivity contribution in [3.63, 3.8) is 0 Å². The average molecular weight is 330 g/mol. The van der Waals surface area contributed by atoms with Crippen LogP contribution >= 0.6 is 11.5 Å². The van der Waals surface area contributed by atoms with Gasteiger partial charge in [0.2, 0.25) is 5.13 Å². The van der Waals surface area contributed by atoms with Crippen molar-refractivity contribution in [1.29, 1.82) is 0 Å². The number of carbonyl (C=O) groups excluding carboxylic acids is 3. The van der Waals surface area contributed by atoms with Gasteiger partial charge in [0.25, 0.3) is 17.7 Å². The Morgan fingerprint density at radius 1 is 1.17 bits per heavy atom. The first kappa shape index (κ1) is 15.3. The molecule has 0 bridgehead atoms. The molecule has 2 heterocycles.